The third-order valence-electron chi connectivity index (χ3n) is 3.84. The molecular weight excluding hydrogens is 361 g/mol. The number of benzene rings is 2. The van der Waals surface area contributed by atoms with Crippen molar-refractivity contribution in [1.82, 2.24) is 4.90 Å². The zero-order valence-corrected chi connectivity index (χ0v) is 14.8. The SMILES string of the molecule is CCN(CC(=O)Nc1ccccc1OC)C(=O)c1ccc(C(F)(F)F)cc1. The van der Waals surface area contributed by atoms with E-state index < -0.39 is 23.6 Å². The number of halogens is 3. The zero-order chi connectivity index (χ0) is 20.0. The van der Waals surface area contributed by atoms with Crippen LogP contribution >= 0.6 is 0 Å². The Morgan fingerprint density at radius 1 is 1.07 bits per heavy atom. The standard InChI is InChI=1S/C19H19F3N2O3/c1-3-24(12-17(25)23-15-6-4-5-7-16(15)27-2)18(26)13-8-10-14(11-9-13)19(20,21)22/h4-11H,3,12H2,1-2H3,(H,23,25). The van der Waals surface area contributed by atoms with Gasteiger partial charge in [-0.3, -0.25) is 9.59 Å². The highest BCUT2D eigenvalue weighted by Gasteiger charge is 2.30. The Balaban J connectivity index is 2.07. The van der Waals surface area contributed by atoms with Gasteiger partial charge in [0.1, 0.15) is 12.3 Å². The largest absolute Gasteiger partial charge is 0.495 e. The molecule has 5 nitrogen and oxygen atoms in total. The zero-order valence-electron chi connectivity index (χ0n) is 14.8. The molecule has 2 aromatic rings. The van der Waals surface area contributed by atoms with E-state index in [-0.39, 0.29) is 18.7 Å². The van der Waals surface area contributed by atoms with Crippen molar-refractivity contribution in [2.75, 3.05) is 25.5 Å². The minimum Gasteiger partial charge on any atom is -0.495 e. The first-order chi connectivity index (χ1) is 12.8. The van der Waals surface area contributed by atoms with Crippen LogP contribution in [-0.4, -0.2) is 36.9 Å². The first kappa shape index (κ1) is 20.3. The minimum atomic E-state index is -4.47. The van der Waals surface area contributed by atoms with Gasteiger partial charge in [-0.1, -0.05) is 12.1 Å². The van der Waals surface area contributed by atoms with E-state index in [9.17, 15) is 22.8 Å². The molecular formula is C19H19F3N2O3. The maximum atomic E-state index is 12.6. The lowest BCUT2D eigenvalue weighted by Gasteiger charge is -2.21. The Labute approximate surface area is 154 Å². The van der Waals surface area contributed by atoms with Gasteiger partial charge < -0.3 is 15.0 Å². The first-order valence-electron chi connectivity index (χ1n) is 8.15. The number of hydrogen-bond donors (Lipinski definition) is 1. The lowest BCUT2D eigenvalue weighted by atomic mass is 10.1. The highest BCUT2D eigenvalue weighted by atomic mass is 19.4. The molecule has 8 heteroatoms. The van der Waals surface area contributed by atoms with E-state index in [0.29, 0.717) is 11.4 Å². The normalized spacial score (nSPS) is 11.0. The molecule has 2 amide bonds. The van der Waals surface area contributed by atoms with Crippen molar-refractivity contribution in [1.29, 1.82) is 0 Å². The average molecular weight is 380 g/mol. The molecule has 0 aliphatic rings. The summed E-state index contributed by atoms with van der Waals surface area (Å²) in [7, 11) is 1.47. The highest BCUT2D eigenvalue weighted by Crippen LogP contribution is 2.29. The molecule has 2 aromatic carbocycles. The minimum absolute atomic E-state index is 0.0786. The second-order valence-electron chi connectivity index (χ2n) is 5.64. The molecule has 27 heavy (non-hydrogen) atoms. The maximum absolute atomic E-state index is 12.6. The summed E-state index contributed by atoms with van der Waals surface area (Å²) in [5, 5.41) is 2.66. The van der Waals surface area contributed by atoms with Crippen LogP contribution in [0.3, 0.4) is 0 Å². The Morgan fingerprint density at radius 3 is 2.26 bits per heavy atom. The lowest BCUT2D eigenvalue weighted by molar-refractivity contribution is -0.137. The third-order valence-corrected chi connectivity index (χ3v) is 3.84. The van der Waals surface area contributed by atoms with Gasteiger partial charge >= 0.3 is 6.18 Å². The number of nitrogens with zero attached hydrogens (tertiary/aromatic N) is 1. The molecule has 0 bridgehead atoms. The highest BCUT2D eigenvalue weighted by molar-refractivity contribution is 5.99. The summed E-state index contributed by atoms with van der Waals surface area (Å²) in [6, 6.07) is 10.7. The molecule has 0 unspecified atom stereocenters. The number of carbonyl (C=O) groups is 2. The molecule has 144 valence electrons. The number of para-hydroxylation sites is 2. The van der Waals surface area contributed by atoms with Crippen molar-refractivity contribution in [3.63, 3.8) is 0 Å². The van der Waals surface area contributed by atoms with Crippen molar-refractivity contribution < 1.29 is 27.5 Å². The van der Waals surface area contributed by atoms with Crippen LogP contribution in [-0.2, 0) is 11.0 Å². The average Bonchev–Trinajstić information content (AvgIpc) is 2.65. The van der Waals surface area contributed by atoms with Crippen molar-refractivity contribution in [2.45, 2.75) is 13.1 Å². The Hall–Kier alpha value is -3.03. The van der Waals surface area contributed by atoms with Crippen LogP contribution in [0.25, 0.3) is 0 Å². The van der Waals surface area contributed by atoms with Gasteiger partial charge in [-0.2, -0.15) is 13.2 Å². The van der Waals surface area contributed by atoms with Crippen LogP contribution < -0.4 is 10.1 Å². The Kier molecular flexibility index (Phi) is 6.44. The number of carbonyl (C=O) groups excluding carboxylic acids is 2. The van der Waals surface area contributed by atoms with Crippen molar-refractivity contribution in [2.24, 2.45) is 0 Å². The number of ether oxygens (including phenoxy) is 1. The van der Waals surface area contributed by atoms with Crippen molar-refractivity contribution >= 4 is 17.5 Å². The number of hydrogen-bond acceptors (Lipinski definition) is 3. The second-order valence-corrected chi connectivity index (χ2v) is 5.64. The van der Waals surface area contributed by atoms with E-state index in [1.807, 2.05) is 0 Å². The Bertz CT molecular complexity index is 805. The van der Waals surface area contributed by atoms with Gasteiger partial charge in [0, 0.05) is 12.1 Å². The summed E-state index contributed by atoms with van der Waals surface area (Å²) >= 11 is 0. The first-order valence-corrected chi connectivity index (χ1v) is 8.15. The summed E-state index contributed by atoms with van der Waals surface area (Å²) < 4.78 is 43.0. The number of likely N-dealkylation sites (N-methyl/N-ethyl adjacent to an activating group) is 1. The summed E-state index contributed by atoms with van der Waals surface area (Å²) in [5.41, 5.74) is -0.297. The predicted molar refractivity (Wildman–Crippen MR) is 94.6 cm³/mol. The molecule has 0 saturated heterocycles. The number of alkyl halides is 3. The van der Waals surface area contributed by atoms with Crippen LogP contribution in [0.4, 0.5) is 18.9 Å². The molecule has 0 spiro atoms. The summed E-state index contributed by atoms with van der Waals surface area (Å²) in [5.74, 6) is -0.494. The van der Waals surface area contributed by atoms with Gasteiger partial charge in [-0.05, 0) is 43.3 Å². The summed E-state index contributed by atoms with van der Waals surface area (Å²) in [6.07, 6.45) is -4.47. The van der Waals surface area contributed by atoms with E-state index in [1.165, 1.54) is 12.0 Å². The second kappa shape index (κ2) is 8.57. The predicted octanol–water partition coefficient (Wildman–Crippen LogP) is 3.81. The van der Waals surface area contributed by atoms with Gasteiger partial charge in [0.05, 0.1) is 18.4 Å². The monoisotopic (exact) mass is 380 g/mol. The fourth-order valence-corrected chi connectivity index (χ4v) is 2.42. The van der Waals surface area contributed by atoms with Gasteiger partial charge in [0.15, 0.2) is 0 Å². The Morgan fingerprint density at radius 2 is 1.70 bits per heavy atom. The van der Waals surface area contributed by atoms with Crippen LogP contribution in [0.5, 0.6) is 5.75 Å². The molecule has 0 aromatic heterocycles. The van der Waals surface area contributed by atoms with E-state index in [1.54, 1.807) is 31.2 Å². The van der Waals surface area contributed by atoms with E-state index >= 15 is 0 Å². The maximum Gasteiger partial charge on any atom is 0.416 e. The van der Waals surface area contributed by atoms with Crippen LogP contribution in [0.2, 0.25) is 0 Å². The topological polar surface area (TPSA) is 58.6 Å². The summed E-state index contributed by atoms with van der Waals surface area (Å²) in [6.45, 7) is 1.66. The molecule has 0 aliphatic carbocycles. The summed E-state index contributed by atoms with van der Waals surface area (Å²) in [4.78, 5) is 26.0. The fraction of sp³-hybridized carbons (Fsp3) is 0.263. The molecule has 0 atom stereocenters. The van der Waals surface area contributed by atoms with Crippen molar-refractivity contribution in [3.8, 4) is 5.75 Å². The number of methoxy groups -OCH3 is 1. The van der Waals surface area contributed by atoms with Gasteiger partial charge in [-0.25, -0.2) is 0 Å². The molecule has 0 heterocycles. The molecule has 1 N–H and O–H groups in total. The number of anilines is 1. The van der Waals surface area contributed by atoms with E-state index in [2.05, 4.69) is 5.32 Å². The van der Waals surface area contributed by atoms with Gasteiger partial charge in [-0.15, -0.1) is 0 Å². The molecule has 2 rings (SSSR count). The molecule has 0 fully saturated rings. The fourth-order valence-electron chi connectivity index (χ4n) is 2.42. The molecule has 0 saturated carbocycles. The van der Waals surface area contributed by atoms with Crippen LogP contribution in [0, 0.1) is 0 Å². The van der Waals surface area contributed by atoms with Crippen LogP contribution in [0.15, 0.2) is 48.5 Å². The van der Waals surface area contributed by atoms with Crippen LogP contribution in [0.1, 0.15) is 22.8 Å². The van der Waals surface area contributed by atoms with E-state index in [0.717, 1.165) is 24.3 Å². The van der Waals surface area contributed by atoms with E-state index in [4.69, 9.17) is 4.74 Å². The molecule has 0 aliphatic heterocycles. The molecule has 0 radical (unpaired) electrons. The third kappa shape index (κ3) is 5.22. The number of rotatable bonds is 6. The number of amides is 2. The quantitative estimate of drug-likeness (QED) is 0.829. The van der Waals surface area contributed by atoms with Gasteiger partial charge in [0.25, 0.3) is 5.91 Å². The van der Waals surface area contributed by atoms with Gasteiger partial charge in [0.2, 0.25) is 5.91 Å². The smallest absolute Gasteiger partial charge is 0.416 e. The van der Waals surface area contributed by atoms with Crippen molar-refractivity contribution in [3.05, 3.63) is 59.7 Å². The number of nitrogens with one attached hydrogen (secondary N) is 1. The lowest BCUT2D eigenvalue weighted by Crippen LogP contribution is -2.37.